The summed E-state index contributed by atoms with van der Waals surface area (Å²) in [5.74, 6) is 5.72. The third-order valence-electron chi connectivity index (χ3n) is 2.98. The predicted molar refractivity (Wildman–Crippen MR) is 82.4 cm³/mol. The zero-order chi connectivity index (χ0) is 14.5. The van der Waals surface area contributed by atoms with Crippen LogP contribution in [0.1, 0.15) is 17.3 Å². The number of benzene rings is 1. The molecule has 2 rings (SSSR count). The molecule has 0 amide bonds. The Bertz CT molecular complexity index is 558. The summed E-state index contributed by atoms with van der Waals surface area (Å²) in [5.41, 5.74) is 4.78. The minimum Gasteiger partial charge on any atom is -0.383 e. The molecule has 0 aliphatic carbocycles. The van der Waals surface area contributed by atoms with Gasteiger partial charge in [-0.1, -0.05) is 23.7 Å². The summed E-state index contributed by atoms with van der Waals surface area (Å²) < 4.78 is 7.86. The quantitative estimate of drug-likeness (QED) is 0.614. The number of aromatic nitrogens is 2. The van der Waals surface area contributed by atoms with Gasteiger partial charge in [-0.3, -0.25) is 10.5 Å². The van der Waals surface area contributed by atoms with Gasteiger partial charge in [0.15, 0.2) is 0 Å². The second-order valence-corrected chi connectivity index (χ2v) is 5.54. The van der Waals surface area contributed by atoms with Crippen molar-refractivity contribution in [3.05, 3.63) is 51.2 Å². The van der Waals surface area contributed by atoms with Crippen molar-refractivity contribution in [2.45, 2.75) is 12.6 Å². The molecule has 0 spiro atoms. The highest BCUT2D eigenvalue weighted by molar-refractivity contribution is 9.10. The molecule has 2 aromatic rings. The Balaban J connectivity index is 2.35. The first kappa shape index (κ1) is 15.5. The van der Waals surface area contributed by atoms with Crippen LogP contribution in [0.4, 0.5) is 0 Å². The van der Waals surface area contributed by atoms with Crippen LogP contribution in [0.25, 0.3) is 0 Å². The highest BCUT2D eigenvalue weighted by atomic mass is 79.9. The lowest BCUT2D eigenvalue weighted by Gasteiger charge is -2.19. The average Bonchev–Trinajstić information content (AvgIpc) is 2.81. The molecule has 1 unspecified atom stereocenters. The first-order chi connectivity index (χ1) is 9.67. The van der Waals surface area contributed by atoms with Crippen LogP contribution >= 0.6 is 27.5 Å². The topological polar surface area (TPSA) is 65.1 Å². The van der Waals surface area contributed by atoms with Crippen LogP contribution in [0.15, 0.2) is 34.9 Å². The molecule has 108 valence electrons. The van der Waals surface area contributed by atoms with Gasteiger partial charge in [-0.25, -0.2) is 5.43 Å². The van der Waals surface area contributed by atoms with E-state index in [1.54, 1.807) is 13.3 Å². The van der Waals surface area contributed by atoms with Gasteiger partial charge in [0, 0.05) is 12.1 Å². The normalized spacial score (nSPS) is 12.6. The van der Waals surface area contributed by atoms with Crippen LogP contribution in [0, 0.1) is 0 Å². The third kappa shape index (κ3) is 3.39. The van der Waals surface area contributed by atoms with E-state index < -0.39 is 0 Å². The highest BCUT2D eigenvalue weighted by Crippen LogP contribution is 2.28. The Morgan fingerprint density at radius 3 is 2.75 bits per heavy atom. The van der Waals surface area contributed by atoms with Gasteiger partial charge in [0.05, 0.1) is 35.6 Å². The van der Waals surface area contributed by atoms with E-state index in [2.05, 4.69) is 26.5 Å². The maximum Gasteiger partial charge on any atom is 0.0889 e. The van der Waals surface area contributed by atoms with Crippen molar-refractivity contribution < 1.29 is 4.74 Å². The number of hydrogen-bond acceptors (Lipinski definition) is 4. The van der Waals surface area contributed by atoms with Gasteiger partial charge in [0.1, 0.15) is 0 Å². The van der Waals surface area contributed by atoms with Crippen LogP contribution in [0.5, 0.6) is 0 Å². The van der Waals surface area contributed by atoms with Crippen molar-refractivity contribution in [2.24, 2.45) is 5.84 Å². The number of nitrogens with zero attached hydrogens (tertiary/aromatic N) is 2. The van der Waals surface area contributed by atoms with Crippen molar-refractivity contribution in [1.82, 2.24) is 15.2 Å². The van der Waals surface area contributed by atoms with E-state index >= 15 is 0 Å². The first-order valence-electron chi connectivity index (χ1n) is 6.09. The Morgan fingerprint density at radius 1 is 1.45 bits per heavy atom. The van der Waals surface area contributed by atoms with Crippen LogP contribution in [0.3, 0.4) is 0 Å². The number of halogens is 2. The molecule has 3 N–H and O–H groups in total. The Labute approximate surface area is 131 Å². The Kier molecular flexibility index (Phi) is 5.56. The Morgan fingerprint density at radius 2 is 2.15 bits per heavy atom. The van der Waals surface area contributed by atoms with Crippen molar-refractivity contribution in [2.75, 3.05) is 13.7 Å². The molecule has 0 aliphatic heterocycles. The van der Waals surface area contributed by atoms with Gasteiger partial charge in [-0.15, -0.1) is 0 Å². The second kappa shape index (κ2) is 7.19. The van der Waals surface area contributed by atoms with E-state index in [-0.39, 0.29) is 6.04 Å². The van der Waals surface area contributed by atoms with Gasteiger partial charge < -0.3 is 4.74 Å². The predicted octanol–water partition coefficient (Wildman–Crippen LogP) is 2.50. The molecule has 0 radical (unpaired) electrons. The van der Waals surface area contributed by atoms with Gasteiger partial charge >= 0.3 is 0 Å². The number of nitrogens with two attached hydrogens (primary N) is 1. The maximum atomic E-state index is 5.92. The van der Waals surface area contributed by atoms with E-state index in [0.29, 0.717) is 18.2 Å². The van der Waals surface area contributed by atoms with Gasteiger partial charge in [-0.2, -0.15) is 5.10 Å². The maximum absolute atomic E-state index is 5.92. The van der Waals surface area contributed by atoms with Gasteiger partial charge in [-0.05, 0) is 33.6 Å². The Hall–Kier alpha value is -0.920. The van der Waals surface area contributed by atoms with Crippen molar-refractivity contribution in [3.8, 4) is 0 Å². The van der Waals surface area contributed by atoms with Crippen LogP contribution in [-0.4, -0.2) is 23.5 Å². The fraction of sp³-hybridized carbons (Fsp3) is 0.308. The number of rotatable bonds is 6. The summed E-state index contributed by atoms with van der Waals surface area (Å²) in [6.45, 7) is 1.24. The standard InChI is InChI=1S/C13H16BrClN4O/c1-20-7-6-19-13(11(14)8-17-19)12(18-16)9-2-4-10(15)5-3-9/h2-5,8,12,18H,6-7,16H2,1H3. The monoisotopic (exact) mass is 358 g/mol. The molecular formula is C13H16BrClN4O. The molecule has 0 bridgehead atoms. The molecule has 1 aromatic heterocycles. The number of ether oxygens (including phenoxy) is 1. The molecule has 0 saturated carbocycles. The average molecular weight is 360 g/mol. The third-order valence-corrected chi connectivity index (χ3v) is 3.85. The highest BCUT2D eigenvalue weighted by Gasteiger charge is 2.20. The molecule has 1 heterocycles. The largest absolute Gasteiger partial charge is 0.383 e. The number of hydrogen-bond donors (Lipinski definition) is 2. The minimum absolute atomic E-state index is 0.180. The zero-order valence-corrected chi connectivity index (χ0v) is 13.4. The fourth-order valence-corrected chi connectivity index (χ4v) is 2.65. The summed E-state index contributed by atoms with van der Waals surface area (Å²) in [6, 6.07) is 7.37. The van der Waals surface area contributed by atoms with Crippen LogP contribution < -0.4 is 11.3 Å². The number of hydrazine groups is 1. The molecule has 0 aliphatic rings. The summed E-state index contributed by atoms with van der Waals surface area (Å²) >= 11 is 9.44. The first-order valence-corrected chi connectivity index (χ1v) is 7.26. The molecule has 0 saturated heterocycles. The van der Waals surface area contributed by atoms with Crippen molar-refractivity contribution in [3.63, 3.8) is 0 Å². The van der Waals surface area contributed by atoms with E-state index in [9.17, 15) is 0 Å². The molecule has 20 heavy (non-hydrogen) atoms. The summed E-state index contributed by atoms with van der Waals surface area (Å²) in [6.07, 6.45) is 1.76. The molecule has 1 atom stereocenters. The lowest BCUT2D eigenvalue weighted by atomic mass is 10.0. The molecule has 7 heteroatoms. The van der Waals surface area contributed by atoms with Crippen molar-refractivity contribution in [1.29, 1.82) is 0 Å². The van der Waals surface area contributed by atoms with E-state index in [0.717, 1.165) is 15.7 Å². The number of methoxy groups -OCH3 is 1. The summed E-state index contributed by atoms with van der Waals surface area (Å²) in [4.78, 5) is 0. The molecule has 1 aromatic carbocycles. The SMILES string of the molecule is COCCn1ncc(Br)c1C(NN)c1ccc(Cl)cc1. The smallest absolute Gasteiger partial charge is 0.0889 e. The zero-order valence-electron chi connectivity index (χ0n) is 11.0. The number of nitrogens with one attached hydrogen (secondary N) is 1. The van der Waals surface area contributed by atoms with E-state index in [4.69, 9.17) is 22.2 Å². The molecule has 0 fully saturated rings. The van der Waals surface area contributed by atoms with Crippen LogP contribution in [-0.2, 0) is 11.3 Å². The van der Waals surface area contributed by atoms with Crippen molar-refractivity contribution >= 4 is 27.5 Å². The summed E-state index contributed by atoms with van der Waals surface area (Å²) in [7, 11) is 1.66. The van der Waals surface area contributed by atoms with Gasteiger partial charge in [0.25, 0.3) is 0 Å². The van der Waals surface area contributed by atoms with Gasteiger partial charge in [0.2, 0.25) is 0 Å². The fourth-order valence-electron chi connectivity index (χ4n) is 2.00. The van der Waals surface area contributed by atoms with E-state index in [1.807, 2.05) is 28.9 Å². The molecule has 5 nitrogen and oxygen atoms in total. The lowest BCUT2D eigenvalue weighted by Crippen LogP contribution is -2.31. The summed E-state index contributed by atoms with van der Waals surface area (Å²) in [5, 5.41) is 5.02. The van der Waals surface area contributed by atoms with Crippen LogP contribution in [0.2, 0.25) is 5.02 Å². The molecular weight excluding hydrogens is 344 g/mol. The lowest BCUT2D eigenvalue weighted by molar-refractivity contribution is 0.182. The van der Waals surface area contributed by atoms with E-state index in [1.165, 1.54) is 0 Å². The minimum atomic E-state index is -0.180. The second-order valence-electron chi connectivity index (χ2n) is 4.24.